The van der Waals surface area contributed by atoms with Gasteiger partial charge in [-0.1, -0.05) is 76.2 Å². The third kappa shape index (κ3) is 6.11. The number of methoxy groups -OCH3 is 1. The lowest BCUT2D eigenvalue weighted by molar-refractivity contribution is -0.142. The molecule has 0 aliphatic rings. The number of aromatic nitrogens is 2. The molecule has 196 valence electrons. The molecule has 3 aromatic carbocycles. The van der Waals surface area contributed by atoms with Crippen LogP contribution in [0.15, 0.2) is 60.7 Å². The Morgan fingerprint density at radius 3 is 2.21 bits per heavy atom. The Kier molecular flexibility index (Phi) is 8.91. The molecule has 1 N–H and O–H groups in total. The number of carbonyl (C=O) groups is 2. The van der Waals surface area contributed by atoms with Crippen LogP contribution in [0.25, 0.3) is 16.9 Å². The van der Waals surface area contributed by atoms with E-state index in [4.69, 9.17) is 62.7 Å². The highest BCUT2D eigenvalue weighted by Gasteiger charge is 2.28. The van der Waals surface area contributed by atoms with Gasteiger partial charge in [-0.25, -0.2) is 9.48 Å². The van der Waals surface area contributed by atoms with E-state index in [1.54, 1.807) is 60.1 Å². The van der Waals surface area contributed by atoms with Gasteiger partial charge in [0.05, 0.1) is 33.6 Å². The highest BCUT2D eigenvalue weighted by Crippen LogP contribution is 2.33. The second kappa shape index (κ2) is 12.0. The Bertz CT molecular complexity index is 1520. The van der Waals surface area contributed by atoms with E-state index in [1.807, 2.05) is 12.1 Å². The minimum Gasteiger partial charge on any atom is -0.467 e. The summed E-state index contributed by atoms with van der Waals surface area (Å²) in [5, 5.41) is 9.41. The van der Waals surface area contributed by atoms with E-state index < -0.39 is 17.9 Å². The standard InChI is InChI=1S/C27H20Cl5N3O3/c1-14-24(26(36)33-22(27(37)38-2)12-15-3-9-19(30)20(31)11-15)34-35(23-10-8-18(29)13-21(23)32)25(14)16-4-6-17(28)7-5-16/h3-11,13,22H,12H2,1-2H3,(H,33,36)/t22-/m1/s1. The van der Waals surface area contributed by atoms with Crippen LogP contribution in [-0.4, -0.2) is 34.8 Å². The van der Waals surface area contributed by atoms with Gasteiger partial charge in [-0.15, -0.1) is 0 Å². The maximum atomic E-state index is 13.5. The van der Waals surface area contributed by atoms with Crippen molar-refractivity contribution in [1.29, 1.82) is 0 Å². The van der Waals surface area contributed by atoms with Crippen molar-refractivity contribution in [3.05, 3.63) is 103 Å². The molecule has 0 radical (unpaired) electrons. The van der Waals surface area contributed by atoms with Crippen LogP contribution in [-0.2, 0) is 16.0 Å². The Hall–Kier alpha value is -2.74. The molecular formula is C27H20Cl5N3O3. The normalized spacial score (nSPS) is 11.8. The molecule has 1 aromatic heterocycles. The molecule has 0 fully saturated rings. The fourth-order valence-corrected chi connectivity index (χ4v) is 4.89. The Labute approximate surface area is 244 Å². The number of esters is 1. The van der Waals surface area contributed by atoms with Crippen LogP contribution in [0.1, 0.15) is 21.6 Å². The number of hydrogen-bond donors (Lipinski definition) is 1. The van der Waals surface area contributed by atoms with Crippen molar-refractivity contribution in [1.82, 2.24) is 15.1 Å². The molecule has 0 spiro atoms. The molecule has 0 aliphatic carbocycles. The smallest absolute Gasteiger partial charge is 0.328 e. The average Bonchev–Trinajstić information content (AvgIpc) is 3.22. The quantitative estimate of drug-likeness (QED) is 0.218. The number of halogens is 5. The lowest BCUT2D eigenvalue weighted by Gasteiger charge is -2.16. The Morgan fingerprint density at radius 2 is 1.58 bits per heavy atom. The summed E-state index contributed by atoms with van der Waals surface area (Å²) in [6.07, 6.45) is 0.127. The number of rotatable bonds is 7. The summed E-state index contributed by atoms with van der Waals surface area (Å²) < 4.78 is 6.50. The average molecular weight is 612 g/mol. The van der Waals surface area contributed by atoms with Crippen molar-refractivity contribution in [2.45, 2.75) is 19.4 Å². The SMILES string of the molecule is COC(=O)[C@@H](Cc1ccc(Cl)c(Cl)c1)NC(=O)c1nn(-c2ccc(Cl)cc2Cl)c(-c2ccc(Cl)cc2)c1C. The van der Waals surface area contributed by atoms with Crippen molar-refractivity contribution in [3.8, 4) is 16.9 Å². The monoisotopic (exact) mass is 609 g/mol. The Balaban J connectivity index is 1.75. The van der Waals surface area contributed by atoms with Crippen LogP contribution in [0.4, 0.5) is 0 Å². The van der Waals surface area contributed by atoms with Gasteiger partial charge >= 0.3 is 5.97 Å². The van der Waals surface area contributed by atoms with Gasteiger partial charge in [0, 0.05) is 27.6 Å². The zero-order valence-corrected chi connectivity index (χ0v) is 23.8. The van der Waals surface area contributed by atoms with Crippen LogP contribution in [0, 0.1) is 6.92 Å². The number of amides is 1. The van der Waals surface area contributed by atoms with Crippen molar-refractivity contribution in [2.24, 2.45) is 0 Å². The van der Waals surface area contributed by atoms with Gasteiger partial charge in [0.1, 0.15) is 6.04 Å². The maximum Gasteiger partial charge on any atom is 0.328 e. The third-order valence-electron chi connectivity index (χ3n) is 5.81. The molecule has 0 saturated heterocycles. The molecule has 0 unspecified atom stereocenters. The van der Waals surface area contributed by atoms with E-state index >= 15 is 0 Å². The van der Waals surface area contributed by atoms with Gasteiger partial charge in [0.15, 0.2) is 5.69 Å². The number of carbonyl (C=O) groups excluding carboxylic acids is 2. The molecule has 11 heteroatoms. The second-order valence-corrected chi connectivity index (χ2v) is 10.4. The van der Waals surface area contributed by atoms with Gasteiger partial charge in [-0.2, -0.15) is 5.10 Å². The van der Waals surface area contributed by atoms with Crippen molar-refractivity contribution in [2.75, 3.05) is 7.11 Å². The van der Waals surface area contributed by atoms with E-state index in [1.165, 1.54) is 7.11 Å². The highest BCUT2D eigenvalue weighted by molar-refractivity contribution is 6.42. The predicted molar refractivity (Wildman–Crippen MR) is 152 cm³/mol. The molecule has 6 nitrogen and oxygen atoms in total. The van der Waals surface area contributed by atoms with Crippen LogP contribution in [0.3, 0.4) is 0 Å². The lowest BCUT2D eigenvalue weighted by Crippen LogP contribution is -2.43. The fraction of sp³-hybridized carbons (Fsp3) is 0.148. The summed E-state index contributed by atoms with van der Waals surface area (Å²) in [4.78, 5) is 26.1. The molecular weight excluding hydrogens is 592 g/mol. The van der Waals surface area contributed by atoms with Crippen molar-refractivity contribution < 1.29 is 14.3 Å². The second-order valence-electron chi connectivity index (χ2n) is 8.34. The van der Waals surface area contributed by atoms with Gasteiger partial charge in [-0.3, -0.25) is 4.79 Å². The number of hydrogen-bond acceptors (Lipinski definition) is 4. The van der Waals surface area contributed by atoms with E-state index in [2.05, 4.69) is 10.4 Å². The van der Waals surface area contributed by atoms with Crippen molar-refractivity contribution in [3.63, 3.8) is 0 Å². The number of nitrogens with one attached hydrogen (secondary N) is 1. The molecule has 1 atom stereocenters. The summed E-state index contributed by atoms with van der Waals surface area (Å²) in [5.74, 6) is -1.20. The molecule has 4 aromatic rings. The summed E-state index contributed by atoms with van der Waals surface area (Å²) >= 11 is 30.8. The summed E-state index contributed by atoms with van der Waals surface area (Å²) in [5.41, 5.74) is 3.24. The summed E-state index contributed by atoms with van der Waals surface area (Å²) in [6, 6.07) is 16.0. The van der Waals surface area contributed by atoms with E-state index in [0.717, 1.165) is 5.56 Å². The fourth-order valence-electron chi connectivity index (χ4n) is 3.95. The van der Waals surface area contributed by atoms with E-state index in [9.17, 15) is 9.59 Å². The Morgan fingerprint density at radius 1 is 0.895 bits per heavy atom. The first-order valence-corrected chi connectivity index (χ1v) is 13.1. The zero-order chi connectivity index (χ0) is 27.6. The highest BCUT2D eigenvalue weighted by atomic mass is 35.5. The maximum absolute atomic E-state index is 13.5. The lowest BCUT2D eigenvalue weighted by atomic mass is 10.0. The molecule has 1 heterocycles. The van der Waals surface area contributed by atoms with Crippen molar-refractivity contribution >= 4 is 69.9 Å². The zero-order valence-electron chi connectivity index (χ0n) is 20.1. The van der Waals surface area contributed by atoms with Gasteiger partial charge in [-0.05, 0) is 55.0 Å². The minimum absolute atomic E-state index is 0.101. The molecule has 38 heavy (non-hydrogen) atoms. The van der Waals surface area contributed by atoms with Gasteiger partial charge in [0.2, 0.25) is 0 Å². The van der Waals surface area contributed by atoms with Crippen LogP contribution < -0.4 is 5.32 Å². The molecule has 0 aliphatic heterocycles. The predicted octanol–water partition coefficient (Wildman–Crippen LogP) is 7.63. The number of benzene rings is 3. The topological polar surface area (TPSA) is 73.2 Å². The van der Waals surface area contributed by atoms with Crippen LogP contribution in [0.2, 0.25) is 25.1 Å². The van der Waals surface area contributed by atoms with Gasteiger partial charge in [0.25, 0.3) is 5.91 Å². The van der Waals surface area contributed by atoms with Gasteiger partial charge < -0.3 is 10.1 Å². The molecule has 0 saturated carbocycles. The molecule has 1 amide bonds. The van der Waals surface area contributed by atoms with E-state index in [0.29, 0.717) is 47.6 Å². The van der Waals surface area contributed by atoms with Crippen LogP contribution >= 0.6 is 58.0 Å². The first-order valence-electron chi connectivity index (χ1n) is 11.2. The third-order valence-corrected chi connectivity index (χ3v) is 7.34. The first-order chi connectivity index (χ1) is 18.1. The number of nitrogens with zero attached hydrogens (tertiary/aromatic N) is 2. The first kappa shape index (κ1) is 28.3. The number of ether oxygens (including phenoxy) is 1. The summed E-state index contributed by atoms with van der Waals surface area (Å²) in [7, 11) is 1.25. The summed E-state index contributed by atoms with van der Waals surface area (Å²) in [6.45, 7) is 1.76. The van der Waals surface area contributed by atoms with E-state index in [-0.39, 0.29) is 12.1 Å². The molecule has 0 bridgehead atoms. The largest absolute Gasteiger partial charge is 0.467 e. The minimum atomic E-state index is -1.01. The van der Waals surface area contributed by atoms with Crippen LogP contribution in [0.5, 0.6) is 0 Å². The molecule has 4 rings (SSSR count).